The van der Waals surface area contributed by atoms with Crippen LogP contribution in [0.1, 0.15) is 20.3 Å². The van der Waals surface area contributed by atoms with Gasteiger partial charge in [-0.25, -0.2) is 9.13 Å². The van der Waals surface area contributed by atoms with Crippen molar-refractivity contribution in [2.75, 3.05) is 39.6 Å². The van der Waals surface area contributed by atoms with E-state index in [0.717, 1.165) is 6.92 Å². The third-order valence-electron chi connectivity index (χ3n) is 3.18. The predicted octanol–water partition coefficient (Wildman–Crippen LogP) is -0.967. The van der Waals surface area contributed by atoms with E-state index >= 15 is 0 Å². The molecule has 0 amide bonds. The Bertz CT molecular complexity index is 699. The van der Waals surface area contributed by atoms with Crippen molar-refractivity contribution >= 4 is 34.1 Å². The van der Waals surface area contributed by atoms with Crippen molar-refractivity contribution in [3.8, 4) is 0 Å². The first-order valence-electron chi connectivity index (χ1n) is 9.28. The molecule has 0 spiro atoms. The van der Waals surface area contributed by atoms with Gasteiger partial charge in [-0.1, -0.05) is 6.92 Å². The average molecular weight is 526 g/mol. The van der Waals surface area contributed by atoms with Gasteiger partial charge in [0.2, 0.25) is 0 Å². The molecule has 16 nitrogen and oxygen atoms in total. The number of aliphatic hydroxyl groups excluding tert-OH is 2. The Labute approximate surface area is 188 Å². The van der Waals surface area contributed by atoms with Crippen LogP contribution >= 0.6 is 15.6 Å². The highest BCUT2D eigenvalue weighted by atomic mass is 31.2. The lowest BCUT2D eigenvalue weighted by Crippen LogP contribution is -2.28. The van der Waals surface area contributed by atoms with E-state index in [4.69, 9.17) is 9.84 Å². The summed E-state index contributed by atoms with van der Waals surface area (Å²) in [5.41, 5.74) is 0. The minimum absolute atomic E-state index is 0.0140. The van der Waals surface area contributed by atoms with Crippen LogP contribution in [0.2, 0.25) is 0 Å². The second kappa shape index (κ2) is 16.2. The lowest BCUT2D eigenvalue weighted by Gasteiger charge is -2.20. The van der Waals surface area contributed by atoms with Gasteiger partial charge in [0, 0.05) is 13.3 Å². The van der Waals surface area contributed by atoms with E-state index in [0.29, 0.717) is 0 Å². The number of carbonyl (C=O) groups excluding carboxylic acids is 3. The van der Waals surface area contributed by atoms with Gasteiger partial charge in [-0.3, -0.25) is 32.5 Å². The van der Waals surface area contributed by atoms with Crippen LogP contribution in [-0.2, 0) is 55.8 Å². The van der Waals surface area contributed by atoms with Crippen molar-refractivity contribution in [3.05, 3.63) is 0 Å². The molecule has 0 saturated heterocycles. The number of rotatable bonds is 19. The zero-order chi connectivity index (χ0) is 25.5. The molecule has 0 aromatic heterocycles. The minimum Gasteiger partial charge on any atom is -0.464 e. The maximum absolute atomic E-state index is 11.9. The first-order valence-corrected chi connectivity index (χ1v) is 12.3. The largest absolute Gasteiger partial charge is 0.472 e. The summed E-state index contributed by atoms with van der Waals surface area (Å²) in [4.78, 5) is 51.5. The summed E-state index contributed by atoms with van der Waals surface area (Å²) in [5.74, 6) is -1.45. The molecular weight excluding hydrogens is 498 g/mol. The zero-order valence-corrected chi connectivity index (χ0v) is 19.6. The van der Waals surface area contributed by atoms with Gasteiger partial charge in [0.1, 0.15) is 18.8 Å². The first-order chi connectivity index (χ1) is 15.3. The first kappa shape index (κ1) is 31.6. The number of hydrogen-bond donors (Lipinski definition) is 4. The molecule has 0 heterocycles. The Morgan fingerprint density at radius 1 is 0.879 bits per heavy atom. The highest BCUT2D eigenvalue weighted by Crippen LogP contribution is 2.45. The monoisotopic (exact) mass is 526 g/mol. The Morgan fingerprint density at radius 2 is 1.36 bits per heavy atom. The third kappa shape index (κ3) is 16.8. The van der Waals surface area contributed by atoms with Crippen LogP contribution in [-0.4, -0.2) is 96.4 Å². The van der Waals surface area contributed by atoms with Gasteiger partial charge < -0.3 is 34.2 Å². The summed E-state index contributed by atoms with van der Waals surface area (Å²) < 4.78 is 55.6. The van der Waals surface area contributed by atoms with Crippen LogP contribution < -0.4 is 0 Å². The molecule has 0 aliphatic rings. The molecule has 5 atom stereocenters. The summed E-state index contributed by atoms with van der Waals surface area (Å²) in [6.07, 6.45) is -4.13. The van der Waals surface area contributed by atoms with Gasteiger partial charge in [-0.15, -0.1) is 0 Å². The third-order valence-corrected chi connectivity index (χ3v) is 5.08. The maximum Gasteiger partial charge on any atom is 0.472 e. The van der Waals surface area contributed by atoms with Crippen molar-refractivity contribution in [2.24, 2.45) is 0 Å². The number of phosphoric ester groups is 2. The summed E-state index contributed by atoms with van der Waals surface area (Å²) in [5, 5.41) is 18.7. The van der Waals surface area contributed by atoms with Gasteiger partial charge in [0.15, 0.2) is 6.10 Å². The van der Waals surface area contributed by atoms with Gasteiger partial charge in [-0.2, -0.15) is 0 Å². The Hall–Kier alpha value is -1.45. The van der Waals surface area contributed by atoms with Crippen molar-refractivity contribution in [3.63, 3.8) is 0 Å². The van der Waals surface area contributed by atoms with Crippen molar-refractivity contribution in [1.29, 1.82) is 0 Å². The molecule has 0 aliphatic heterocycles. The summed E-state index contributed by atoms with van der Waals surface area (Å²) in [7, 11) is -9.53. The van der Waals surface area contributed by atoms with Gasteiger partial charge in [0.05, 0.1) is 33.0 Å². The zero-order valence-electron chi connectivity index (χ0n) is 17.8. The molecule has 4 N–H and O–H groups in total. The van der Waals surface area contributed by atoms with E-state index in [1.165, 1.54) is 6.92 Å². The molecule has 33 heavy (non-hydrogen) atoms. The number of ether oxygens (including phenoxy) is 3. The number of aliphatic hydroxyl groups is 2. The molecule has 0 bridgehead atoms. The van der Waals surface area contributed by atoms with Crippen LogP contribution in [0.5, 0.6) is 0 Å². The topological polar surface area (TPSA) is 231 Å². The molecule has 18 heteroatoms. The summed E-state index contributed by atoms with van der Waals surface area (Å²) in [6, 6.07) is 0. The Balaban J connectivity index is 4.47. The fraction of sp³-hybridized carbons (Fsp3) is 0.800. The lowest BCUT2D eigenvalue weighted by molar-refractivity contribution is -0.156. The molecule has 0 saturated carbocycles. The van der Waals surface area contributed by atoms with E-state index in [2.05, 4.69) is 27.6 Å². The van der Waals surface area contributed by atoms with Crippen LogP contribution in [0.25, 0.3) is 0 Å². The lowest BCUT2D eigenvalue weighted by atomic mass is 10.4. The minimum atomic E-state index is -4.78. The normalized spacial score (nSPS) is 17.6. The molecular formula is C15H28O16P2. The SMILES string of the molecule is CCC(=O)O[C@H](COC=O)COP(=O)(O)OC[C@@H](O)COP(=O)(O)OC[C@@H](CO)OC(C)=O. The predicted molar refractivity (Wildman–Crippen MR) is 104 cm³/mol. The Morgan fingerprint density at radius 3 is 1.79 bits per heavy atom. The van der Waals surface area contributed by atoms with E-state index in [-0.39, 0.29) is 12.9 Å². The molecule has 0 aromatic rings. The molecule has 2 unspecified atom stereocenters. The smallest absolute Gasteiger partial charge is 0.464 e. The average Bonchev–Trinajstić information content (AvgIpc) is 2.75. The number of carbonyl (C=O) groups is 3. The van der Waals surface area contributed by atoms with Crippen molar-refractivity contribution < 1.29 is 75.8 Å². The fourth-order valence-electron chi connectivity index (χ4n) is 1.73. The Kier molecular flexibility index (Phi) is 15.5. The summed E-state index contributed by atoms with van der Waals surface area (Å²) in [6.45, 7) is -1.67. The molecule has 0 aliphatic carbocycles. The van der Waals surface area contributed by atoms with E-state index in [1.54, 1.807) is 0 Å². The van der Waals surface area contributed by atoms with E-state index in [9.17, 15) is 38.4 Å². The highest BCUT2D eigenvalue weighted by Gasteiger charge is 2.29. The molecule has 0 fully saturated rings. The molecule has 0 aromatic carbocycles. The maximum atomic E-state index is 11.9. The number of phosphoric acid groups is 2. The van der Waals surface area contributed by atoms with Crippen molar-refractivity contribution in [1.82, 2.24) is 0 Å². The van der Waals surface area contributed by atoms with Crippen LogP contribution in [0, 0.1) is 0 Å². The van der Waals surface area contributed by atoms with Crippen LogP contribution in [0.3, 0.4) is 0 Å². The highest BCUT2D eigenvalue weighted by molar-refractivity contribution is 7.47. The number of hydrogen-bond acceptors (Lipinski definition) is 14. The standard InChI is InChI=1S/C15H28O16P2/c1-3-15(20)31-14(7-25-10-17)9-29-33(23,24)27-6-12(19)5-26-32(21,22)28-8-13(4-16)30-11(2)18/h10,12-14,16,19H,3-9H2,1-2H3,(H,21,22)(H,23,24)/t12-,13+,14+/m0/s1. The quantitative estimate of drug-likeness (QED) is 0.0686. The van der Waals surface area contributed by atoms with E-state index in [1.807, 2.05) is 0 Å². The second-order valence-corrected chi connectivity index (χ2v) is 8.99. The fourth-order valence-corrected chi connectivity index (χ4v) is 3.31. The second-order valence-electron chi connectivity index (χ2n) is 6.08. The molecule has 0 rings (SSSR count). The summed E-state index contributed by atoms with van der Waals surface area (Å²) >= 11 is 0. The van der Waals surface area contributed by atoms with Crippen LogP contribution in [0.15, 0.2) is 0 Å². The molecule has 0 radical (unpaired) electrons. The van der Waals surface area contributed by atoms with Crippen LogP contribution in [0.4, 0.5) is 0 Å². The van der Waals surface area contributed by atoms with Gasteiger partial charge in [-0.05, 0) is 0 Å². The molecule has 194 valence electrons. The van der Waals surface area contributed by atoms with E-state index < -0.39 is 85.5 Å². The van der Waals surface area contributed by atoms with Gasteiger partial charge >= 0.3 is 27.6 Å². The van der Waals surface area contributed by atoms with Crippen molar-refractivity contribution in [2.45, 2.75) is 38.6 Å². The number of esters is 2. The van der Waals surface area contributed by atoms with Gasteiger partial charge in [0.25, 0.3) is 6.47 Å².